The number of piperidine rings is 1. The van der Waals surface area contributed by atoms with E-state index in [0.29, 0.717) is 16.5 Å². The highest BCUT2D eigenvalue weighted by atomic mass is 35.5. The van der Waals surface area contributed by atoms with E-state index in [0.717, 1.165) is 34.8 Å². The van der Waals surface area contributed by atoms with E-state index in [1.165, 1.54) is 70.0 Å². The summed E-state index contributed by atoms with van der Waals surface area (Å²) in [5, 5.41) is 3.11. The highest BCUT2D eigenvalue weighted by Crippen LogP contribution is 2.43. The number of likely N-dealkylation sites (tertiary alicyclic amines) is 1. The van der Waals surface area contributed by atoms with Crippen LogP contribution in [-0.2, 0) is 0 Å². The summed E-state index contributed by atoms with van der Waals surface area (Å²) in [5.41, 5.74) is 3.93. The summed E-state index contributed by atoms with van der Waals surface area (Å²) in [6.45, 7) is 2.37. The molecule has 2 aliphatic carbocycles. The van der Waals surface area contributed by atoms with Crippen molar-refractivity contribution in [3.8, 4) is 16.9 Å². The topological polar surface area (TPSA) is 41.6 Å². The third-order valence-electron chi connectivity index (χ3n) is 8.65. The van der Waals surface area contributed by atoms with Crippen molar-refractivity contribution in [2.24, 2.45) is 11.8 Å². The molecule has 3 atom stereocenters. The van der Waals surface area contributed by atoms with Crippen LogP contribution in [0.25, 0.3) is 11.1 Å². The standard InChI is InChI=1S/C29H37ClN2O2/c1-31-29(33)25-9-6-23(18-27(25)30)22-7-10-28(34-2)26(17-22)21-11-13-32(14-12-21)24-8-5-19-3-4-20(15-19)16-24/h6-7,9-10,17-21,24H,3-5,8,11-16H2,1-2H3,(H,31,33). The monoisotopic (exact) mass is 480 g/mol. The Morgan fingerprint density at radius 1 is 0.941 bits per heavy atom. The Balaban J connectivity index is 1.31. The molecule has 0 spiro atoms. The average molecular weight is 481 g/mol. The number of nitrogens with zero attached hydrogens (tertiary/aromatic N) is 1. The van der Waals surface area contributed by atoms with Gasteiger partial charge in [0.05, 0.1) is 17.7 Å². The molecule has 2 bridgehead atoms. The van der Waals surface area contributed by atoms with Crippen molar-refractivity contribution in [2.75, 3.05) is 27.2 Å². The molecule has 1 aliphatic heterocycles. The molecule has 3 fully saturated rings. The highest BCUT2D eigenvalue weighted by molar-refractivity contribution is 6.34. The van der Waals surface area contributed by atoms with Gasteiger partial charge in [-0.2, -0.15) is 0 Å². The van der Waals surface area contributed by atoms with E-state index < -0.39 is 0 Å². The second kappa shape index (κ2) is 10.3. The molecule has 182 valence electrons. The van der Waals surface area contributed by atoms with Crippen LogP contribution in [0.1, 0.15) is 73.2 Å². The molecule has 3 aliphatic rings. The Labute approximate surface area is 209 Å². The molecule has 0 aromatic heterocycles. The lowest BCUT2D eigenvalue weighted by Gasteiger charge is -2.39. The second-order valence-corrected chi connectivity index (χ2v) is 11.0. The molecule has 1 heterocycles. The van der Waals surface area contributed by atoms with Crippen LogP contribution in [0.2, 0.25) is 5.02 Å². The third kappa shape index (κ3) is 4.85. The van der Waals surface area contributed by atoms with Gasteiger partial charge in [-0.1, -0.05) is 36.6 Å². The normalized spacial score (nSPS) is 25.7. The van der Waals surface area contributed by atoms with Crippen molar-refractivity contribution >= 4 is 17.5 Å². The number of fused-ring (bicyclic) bond motifs is 2. The van der Waals surface area contributed by atoms with Crippen molar-refractivity contribution in [3.05, 3.63) is 52.5 Å². The van der Waals surface area contributed by atoms with Crippen LogP contribution in [0, 0.1) is 11.8 Å². The summed E-state index contributed by atoms with van der Waals surface area (Å²) in [6, 6.07) is 12.9. The zero-order valence-corrected chi connectivity index (χ0v) is 21.2. The van der Waals surface area contributed by atoms with E-state index >= 15 is 0 Å². The number of carbonyl (C=O) groups is 1. The summed E-state index contributed by atoms with van der Waals surface area (Å²) in [4.78, 5) is 14.8. The fraction of sp³-hybridized carbons (Fsp3) is 0.552. The van der Waals surface area contributed by atoms with Crippen LogP contribution >= 0.6 is 11.6 Å². The van der Waals surface area contributed by atoms with Crippen molar-refractivity contribution in [1.82, 2.24) is 10.2 Å². The lowest BCUT2D eigenvalue weighted by molar-refractivity contribution is 0.0963. The number of nitrogens with one attached hydrogen (secondary N) is 1. The van der Waals surface area contributed by atoms with Crippen molar-refractivity contribution in [3.63, 3.8) is 0 Å². The molecule has 4 nitrogen and oxygen atoms in total. The number of hydrogen-bond donors (Lipinski definition) is 1. The van der Waals surface area contributed by atoms with Gasteiger partial charge < -0.3 is 15.0 Å². The van der Waals surface area contributed by atoms with E-state index in [9.17, 15) is 4.79 Å². The van der Waals surface area contributed by atoms with E-state index in [-0.39, 0.29) is 5.91 Å². The van der Waals surface area contributed by atoms with Crippen LogP contribution in [0.5, 0.6) is 5.75 Å². The molecule has 1 N–H and O–H groups in total. The zero-order valence-electron chi connectivity index (χ0n) is 20.5. The molecule has 0 radical (unpaired) electrons. The van der Waals surface area contributed by atoms with E-state index in [2.05, 4.69) is 28.4 Å². The number of ether oxygens (including phenoxy) is 1. The molecule has 5 rings (SSSR count). The molecule has 2 aromatic carbocycles. The van der Waals surface area contributed by atoms with E-state index in [4.69, 9.17) is 16.3 Å². The van der Waals surface area contributed by atoms with Gasteiger partial charge in [-0.15, -0.1) is 0 Å². The predicted octanol–water partition coefficient (Wildman–Crippen LogP) is 6.52. The summed E-state index contributed by atoms with van der Waals surface area (Å²) >= 11 is 6.43. The first-order valence-corrected chi connectivity index (χ1v) is 13.4. The number of amides is 1. The Bertz CT molecular complexity index is 1030. The van der Waals surface area contributed by atoms with Crippen molar-refractivity contribution in [2.45, 2.75) is 63.3 Å². The van der Waals surface area contributed by atoms with Gasteiger partial charge in [0.2, 0.25) is 0 Å². The molecule has 34 heavy (non-hydrogen) atoms. The quantitative estimate of drug-likeness (QED) is 0.529. The lowest BCUT2D eigenvalue weighted by Crippen LogP contribution is -2.41. The molecule has 5 heteroatoms. The number of methoxy groups -OCH3 is 1. The van der Waals surface area contributed by atoms with Crippen LogP contribution in [-0.4, -0.2) is 44.1 Å². The van der Waals surface area contributed by atoms with Gasteiger partial charge in [-0.25, -0.2) is 0 Å². The smallest absolute Gasteiger partial charge is 0.252 e. The molecule has 3 unspecified atom stereocenters. The van der Waals surface area contributed by atoms with Gasteiger partial charge in [0.25, 0.3) is 5.91 Å². The van der Waals surface area contributed by atoms with Gasteiger partial charge in [0.15, 0.2) is 0 Å². The minimum absolute atomic E-state index is 0.166. The van der Waals surface area contributed by atoms with Gasteiger partial charge >= 0.3 is 0 Å². The number of carbonyl (C=O) groups excluding carboxylic acids is 1. The number of hydrogen-bond acceptors (Lipinski definition) is 3. The largest absolute Gasteiger partial charge is 0.496 e. The van der Waals surface area contributed by atoms with E-state index in [1.54, 1.807) is 20.2 Å². The fourth-order valence-corrected chi connectivity index (χ4v) is 7.01. The Morgan fingerprint density at radius 3 is 2.38 bits per heavy atom. The van der Waals surface area contributed by atoms with Crippen LogP contribution < -0.4 is 10.1 Å². The average Bonchev–Trinajstić information content (AvgIpc) is 3.21. The summed E-state index contributed by atoms with van der Waals surface area (Å²) in [6.07, 6.45) is 11.1. The maximum absolute atomic E-state index is 12.0. The fourth-order valence-electron chi connectivity index (χ4n) is 6.74. The Morgan fingerprint density at radius 2 is 1.65 bits per heavy atom. The first-order chi connectivity index (χ1) is 16.6. The lowest BCUT2D eigenvalue weighted by atomic mass is 9.85. The predicted molar refractivity (Wildman–Crippen MR) is 139 cm³/mol. The molecular weight excluding hydrogens is 444 g/mol. The molecule has 1 amide bonds. The first kappa shape index (κ1) is 23.7. The van der Waals surface area contributed by atoms with Crippen molar-refractivity contribution < 1.29 is 9.53 Å². The molecular formula is C29H37ClN2O2. The summed E-state index contributed by atoms with van der Waals surface area (Å²) in [5.74, 6) is 3.31. The highest BCUT2D eigenvalue weighted by Gasteiger charge is 2.35. The number of rotatable bonds is 5. The second-order valence-electron chi connectivity index (χ2n) is 10.6. The SMILES string of the molecule is CNC(=O)c1ccc(-c2ccc(OC)c(C3CCN(C4CCC5CCC(C5)C4)CC3)c2)cc1Cl. The molecule has 2 aromatic rings. The van der Waals surface area contributed by atoms with Crippen LogP contribution in [0.4, 0.5) is 0 Å². The minimum atomic E-state index is -0.166. The third-order valence-corrected chi connectivity index (χ3v) is 8.97. The number of benzene rings is 2. The Hall–Kier alpha value is -2.04. The van der Waals surface area contributed by atoms with Gasteiger partial charge in [-0.05, 0) is 110 Å². The van der Waals surface area contributed by atoms with Crippen LogP contribution in [0.3, 0.4) is 0 Å². The first-order valence-electron chi connectivity index (χ1n) is 13.0. The van der Waals surface area contributed by atoms with E-state index in [1.807, 2.05) is 12.1 Å². The van der Waals surface area contributed by atoms with Gasteiger partial charge in [0.1, 0.15) is 5.75 Å². The maximum Gasteiger partial charge on any atom is 0.252 e. The zero-order chi connectivity index (χ0) is 23.7. The summed E-state index contributed by atoms with van der Waals surface area (Å²) < 4.78 is 5.78. The molecule has 2 saturated carbocycles. The Kier molecular flexibility index (Phi) is 7.17. The maximum atomic E-state index is 12.0. The minimum Gasteiger partial charge on any atom is -0.496 e. The van der Waals surface area contributed by atoms with Crippen molar-refractivity contribution in [1.29, 1.82) is 0 Å². The van der Waals surface area contributed by atoms with Crippen LogP contribution in [0.15, 0.2) is 36.4 Å². The van der Waals surface area contributed by atoms with Gasteiger partial charge in [-0.3, -0.25) is 4.79 Å². The summed E-state index contributed by atoms with van der Waals surface area (Å²) in [7, 11) is 3.39. The van der Waals surface area contributed by atoms with Gasteiger partial charge in [0, 0.05) is 13.1 Å². The number of halogens is 1. The molecule has 1 saturated heterocycles.